The zero-order valence-corrected chi connectivity index (χ0v) is 15.3. The van der Waals surface area contributed by atoms with Crippen molar-refractivity contribution in [3.63, 3.8) is 0 Å². The molecule has 0 aliphatic carbocycles. The van der Waals surface area contributed by atoms with Crippen molar-refractivity contribution in [2.45, 2.75) is 18.9 Å². The van der Waals surface area contributed by atoms with Crippen molar-refractivity contribution < 1.29 is 23.9 Å². The number of hydrogen-bond donors (Lipinski definition) is 1. The molecule has 4 rings (SSSR count). The van der Waals surface area contributed by atoms with E-state index in [2.05, 4.69) is 10.2 Å². The lowest BCUT2D eigenvalue weighted by Crippen LogP contribution is -2.74. The Kier molecular flexibility index (Phi) is 4.61. The first-order chi connectivity index (χ1) is 13.1. The molecule has 3 aliphatic rings. The number of fused-ring (bicyclic) bond motifs is 4. The molecule has 3 heterocycles. The molecule has 2 saturated heterocycles. The molecule has 1 spiro atoms. The first-order valence-electron chi connectivity index (χ1n) is 9.18. The number of benzene rings is 1. The highest BCUT2D eigenvalue weighted by Gasteiger charge is 2.62. The topological polar surface area (TPSA) is 88.2 Å². The van der Waals surface area contributed by atoms with Crippen molar-refractivity contribution in [3.05, 3.63) is 29.8 Å². The van der Waals surface area contributed by atoms with E-state index in [4.69, 9.17) is 9.47 Å². The van der Waals surface area contributed by atoms with Crippen LogP contribution in [0.4, 0.5) is 10.5 Å². The predicted molar refractivity (Wildman–Crippen MR) is 96.3 cm³/mol. The summed E-state index contributed by atoms with van der Waals surface area (Å²) in [5, 5.41) is 2.42. The van der Waals surface area contributed by atoms with Crippen molar-refractivity contribution in [2.24, 2.45) is 5.41 Å². The van der Waals surface area contributed by atoms with Gasteiger partial charge in [-0.2, -0.15) is 0 Å². The van der Waals surface area contributed by atoms with Crippen molar-refractivity contribution in [2.75, 3.05) is 44.9 Å². The van der Waals surface area contributed by atoms with Crippen LogP contribution in [0.3, 0.4) is 0 Å². The minimum Gasteiger partial charge on any atom is -0.385 e. The molecule has 0 radical (unpaired) electrons. The van der Waals surface area contributed by atoms with Crippen LogP contribution < -0.4 is 10.2 Å². The minimum atomic E-state index is -1.37. The van der Waals surface area contributed by atoms with Gasteiger partial charge in [0.15, 0.2) is 5.41 Å². The zero-order chi connectivity index (χ0) is 19.0. The molecule has 0 saturated carbocycles. The fraction of sp³-hybridized carbons (Fsp3) is 0.526. The van der Waals surface area contributed by atoms with Crippen LogP contribution in [0.15, 0.2) is 24.3 Å². The monoisotopic (exact) mass is 373 g/mol. The SMILES string of the molecule is COCCCN1C(=O)NC(=O)[C@]2(Cc3ccccc3N3CCOC[C@H]32)C1=O. The lowest BCUT2D eigenvalue weighted by molar-refractivity contribution is -0.156. The summed E-state index contributed by atoms with van der Waals surface area (Å²) in [6.07, 6.45) is 0.772. The summed E-state index contributed by atoms with van der Waals surface area (Å²) in [4.78, 5) is 42.1. The quantitative estimate of drug-likeness (QED) is 0.613. The molecule has 0 bridgehead atoms. The number of nitrogens with one attached hydrogen (secondary N) is 1. The van der Waals surface area contributed by atoms with Crippen LogP contribution in [0.25, 0.3) is 0 Å². The highest BCUT2D eigenvalue weighted by molar-refractivity contribution is 6.20. The summed E-state index contributed by atoms with van der Waals surface area (Å²) in [5.41, 5.74) is 0.598. The van der Waals surface area contributed by atoms with Crippen molar-refractivity contribution in [3.8, 4) is 0 Å². The Bertz CT molecular complexity index is 782. The molecule has 0 aromatic heterocycles. The maximum atomic E-state index is 13.5. The summed E-state index contributed by atoms with van der Waals surface area (Å²) in [6, 6.07) is 6.70. The highest BCUT2D eigenvalue weighted by atomic mass is 16.5. The van der Waals surface area contributed by atoms with Crippen LogP contribution in [0.2, 0.25) is 0 Å². The number of nitrogens with zero attached hydrogens (tertiary/aromatic N) is 2. The Balaban J connectivity index is 1.75. The normalized spacial score (nSPS) is 27.4. The molecule has 2 fully saturated rings. The molecule has 144 valence electrons. The Morgan fingerprint density at radius 1 is 1.30 bits per heavy atom. The Morgan fingerprint density at radius 3 is 2.93 bits per heavy atom. The second-order valence-electron chi connectivity index (χ2n) is 7.12. The van der Waals surface area contributed by atoms with Crippen LogP contribution in [0, 0.1) is 5.41 Å². The molecule has 4 amide bonds. The van der Waals surface area contributed by atoms with Gasteiger partial charge in [0, 0.05) is 32.5 Å². The lowest BCUT2D eigenvalue weighted by Gasteiger charge is -2.53. The molecule has 0 unspecified atom stereocenters. The molecular weight excluding hydrogens is 350 g/mol. The van der Waals surface area contributed by atoms with Crippen LogP contribution in [0.5, 0.6) is 0 Å². The number of carbonyl (C=O) groups is 3. The summed E-state index contributed by atoms with van der Waals surface area (Å²) < 4.78 is 10.7. The number of imide groups is 2. The van der Waals surface area contributed by atoms with Gasteiger partial charge in [-0.25, -0.2) is 4.79 Å². The zero-order valence-electron chi connectivity index (χ0n) is 15.3. The molecule has 27 heavy (non-hydrogen) atoms. The minimum absolute atomic E-state index is 0.211. The van der Waals surface area contributed by atoms with Gasteiger partial charge in [-0.15, -0.1) is 0 Å². The third-order valence-corrected chi connectivity index (χ3v) is 5.70. The number of para-hydroxylation sites is 1. The standard InChI is InChI=1S/C19H23N3O5/c1-26-9-4-7-22-17(24)19(16(23)20-18(22)25)11-13-5-2-3-6-14(13)21-8-10-27-12-15(19)21/h2-3,5-6,15H,4,7-12H2,1H3,(H,20,23,25)/t15-,19+/m0/s1. The van der Waals surface area contributed by atoms with E-state index in [1.807, 2.05) is 24.3 Å². The maximum Gasteiger partial charge on any atom is 0.330 e. The number of amides is 4. The Morgan fingerprint density at radius 2 is 2.11 bits per heavy atom. The molecular formula is C19H23N3O5. The fourth-order valence-corrected chi connectivity index (χ4v) is 4.39. The molecule has 8 nitrogen and oxygen atoms in total. The predicted octanol–water partition coefficient (Wildman–Crippen LogP) is 0.549. The van der Waals surface area contributed by atoms with E-state index < -0.39 is 29.3 Å². The van der Waals surface area contributed by atoms with Crippen LogP contribution in [-0.2, 0) is 25.5 Å². The van der Waals surface area contributed by atoms with E-state index >= 15 is 0 Å². The first-order valence-corrected chi connectivity index (χ1v) is 9.18. The number of hydrogen-bond acceptors (Lipinski definition) is 6. The number of barbiturate groups is 1. The van der Waals surface area contributed by atoms with Gasteiger partial charge in [-0.1, -0.05) is 18.2 Å². The summed E-state index contributed by atoms with van der Waals surface area (Å²) in [5.74, 6) is -0.974. The third-order valence-electron chi connectivity index (χ3n) is 5.70. The van der Waals surface area contributed by atoms with E-state index in [0.717, 1.165) is 16.2 Å². The molecule has 3 aliphatic heterocycles. The van der Waals surface area contributed by atoms with E-state index in [9.17, 15) is 14.4 Å². The van der Waals surface area contributed by atoms with E-state index in [0.29, 0.717) is 26.2 Å². The number of methoxy groups -OCH3 is 1. The molecule has 1 aromatic carbocycles. The van der Waals surface area contributed by atoms with Crippen molar-refractivity contribution in [1.29, 1.82) is 0 Å². The number of anilines is 1. The van der Waals surface area contributed by atoms with Gasteiger partial charge in [-0.05, 0) is 24.5 Å². The number of morpholine rings is 1. The average molecular weight is 373 g/mol. The van der Waals surface area contributed by atoms with Gasteiger partial charge >= 0.3 is 6.03 Å². The van der Waals surface area contributed by atoms with Gasteiger partial charge in [0.2, 0.25) is 11.8 Å². The summed E-state index contributed by atoms with van der Waals surface area (Å²) >= 11 is 0. The maximum absolute atomic E-state index is 13.5. The van der Waals surface area contributed by atoms with Crippen LogP contribution in [0.1, 0.15) is 12.0 Å². The van der Waals surface area contributed by atoms with E-state index in [1.165, 1.54) is 0 Å². The molecule has 2 atom stereocenters. The third kappa shape index (κ3) is 2.71. The Hall–Kier alpha value is -2.45. The molecule has 1 aromatic rings. The fourth-order valence-electron chi connectivity index (χ4n) is 4.39. The number of rotatable bonds is 4. The van der Waals surface area contributed by atoms with Gasteiger partial charge in [0.25, 0.3) is 0 Å². The molecule has 1 N–H and O–H groups in total. The molecule has 8 heteroatoms. The Labute approximate surface area is 157 Å². The van der Waals surface area contributed by atoms with Gasteiger partial charge in [0.05, 0.1) is 19.3 Å². The lowest BCUT2D eigenvalue weighted by atomic mass is 9.68. The van der Waals surface area contributed by atoms with Crippen LogP contribution >= 0.6 is 0 Å². The summed E-state index contributed by atoms with van der Waals surface area (Å²) in [7, 11) is 1.57. The summed E-state index contributed by atoms with van der Waals surface area (Å²) in [6.45, 7) is 2.05. The smallest absolute Gasteiger partial charge is 0.330 e. The van der Waals surface area contributed by atoms with E-state index in [-0.39, 0.29) is 19.6 Å². The van der Waals surface area contributed by atoms with Crippen molar-refractivity contribution in [1.82, 2.24) is 10.2 Å². The van der Waals surface area contributed by atoms with Crippen LogP contribution in [-0.4, -0.2) is 68.8 Å². The average Bonchev–Trinajstić information content (AvgIpc) is 2.69. The number of urea groups is 1. The van der Waals surface area contributed by atoms with Crippen molar-refractivity contribution >= 4 is 23.5 Å². The largest absolute Gasteiger partial charge is 0.385 e. The highest BCUT2D eigenvalue weighted by Crippen LogP contribution is 2.45. The van der Waals surface area contributed by atoms with Gasteiger partial charge in [-0.3, -0.25) is 19.8 Å². The second kappa shape index (κ2) is 6.94. The number of carbonyl (C=O) groups excluding carboxylic acids is 3. The van der Waals surface area contributed by atoms with E-state index in [1.54, 1.807) is 7.11 Å². The number of ether oxygens (including phenoxy) is 2. The second-order valence-corrected chi connectivity index (χ2v) is 7.12. The van der Waals surface area contributed by atoms with Gasteiger partial charge in [0.1, 0.15) is 0 Å². The first kappa shape index (κ1) is 17.9. The van der Waals surface area contributed by atoms with Gasteiger partial charge < -0.3 is 14.4 Å².